The van der Waals surface area contributed by atoms with Gasteiger partial charge in [0, 0.05) is 37.7 Å². The van der Waals surface area contributed by atoms with Gasteiger partial charge in [-0.2, -0.15) is 0 Å². The zero-order valence-corrected chi connectivity index (χ0v) is 15.2. The van der Waals surface area contributed by atoms with E-state index in [2.05, 4.69) is 15.6 Å². The summed E-state index contributed by atoms with van der Waals surface area (Å²) in [6.45, 7) is 6.43. The van der Waals surface area contributed by atoms with Crippen LogP contribution in [0.2, 0.25) is 0 Å². The molecule has 1 fully saturated rings. The summed E-state index contributed by atoms with van der Waals surface area (Å²) >= 11 is 0. The second-order valence-electron chi connectivity index (χ2n) is 5.99. The summed E-state index contributed by atoms with van der Waals surface area (Å²) in [7, 11) is 1.52. The third kappa shape index (κ3) is 5.01. The summed E-state index contributed by atoms with van der Waals surface area (Å²) in [4.78, 5) is 18.2. The van der Waals surface area contributed by atoms with Crippen LogP contribution < -0.4 is 15.4 Å². The number of benzene rings is 1. The number of aliphatic imine (C=N–C) groups is 1. The number of phenols is 1. The van der Waals surface area contributed by atoms with E-state index >= 15 is 0 Å². The number of guanidine groups is 1. The van der Waals surface area contributed by atoms with Crippen molar-refractivity contribution in [2.75, 3.05) is 26.7 Å². The van der Waals surface area contributed by atoms with Gasteiger partial charge in [-0.15, -0.1) is 0 Å². The zero-order valence-electron chi connectivity index (χ0n) is 15.2. The van der Waals surface area contributed by atoms with Crippen LogP contribution in [0, 0.1) is 0 Å². The summed E-state index contributed by atoms with van der Waals surface area (Å²) in [5.74, 6) is 1.42. The van der Waals surface area contributed by atoms with E-state index in [9.17, 15) is 9.90 Å². The van der Waals surface area contributed by atoms with Gasteiger partial charge in [0.25, 0.3) is 0 Å². The standard InChI is InChI=1S/C18H28N4O3/c1-4-16(23)22-10-9-14(12-22)21-18(19-5-2)20-11-13-7-6-8-15(25-3)17(13)24/h6-8,14,24H,4-5,9-12H2,1-3H3,(H2,19,20,21). The Labute approximate surface area is 149 Å². The first-order valence-corrected chi connectivity index (χ1v) is 8.76. The van der Waals surface area contributed by atoms with Crippen molar-refractivity contribution in [3.05, 3.63) is 23.8 Å². The Balaban J connectivity index is 2.01. The van der Waals surface area contributed by atoms with E-state index in [1.165, 1.54) is 7.11 Å². The average Bonchev–Trinajstić information content (AvgIpc) is 3.08. The second-order valence-corrected chi connectivity index (χ2v) is 5.99. The van der Waals surface area contributed by atoms with Gasteiger partial charge in [-0.05, 0) is 19.4 Å². The molecule has 0 spiro atoms. The third-order valence-corrected chi connectivity index (χ3v) is 4.24. The molecule has 1 aromatic carbocycles. The molecule has 1 unspecified atom stereocenters. The van der Waals surface area contributed by atoms with Gasteiger partial charge >= 0.3 is 0 Å². The Hall–Kier alpha value is -2.44. The molecule has 1 saturated heterocycles. The largest absolute Gasteiger partial charge is 0.504 e. The minimum Gasteiger partial charge on any atom is -0.504 e. The van der Waals surface area contributed by atoms with Gasteiger partial charge in [0.15, 0.2) is 17.5 Å². The smallest absolute Gasteiger partial charge is 0.222 e. The maximum atomic E-state index is 11.8. The summed E-state index contributed by atoms with van der Waals surface area (Å²) in [6.07, 6.45) is 1.44. The van der Waals surface area contributed by atoms with Crippen LogP contribution >= 0.6 is 0 Å². The van der Waals surface area contributed by atoms with E-state index in [0.29, 0.717) is 36.8 Å². The van der Waals surface area contributed by atoms with Crippen molar-refractivity contribution in [1.82, 2.24) is 15.5 Å². The Kier molecular flexibility index (Phi) is 6.91. The number of ether oxygens (including phenoxy) is 1. The molecule has 1 aliphatic rings. The molecule has 1 heterocycles. The van der Waals surface area contributed by atoms with Crippen molar-refractivity contribution in [3.63, 3.8) is 0 Å². The molecule has 0 bridgehead atoms. The van der Waals surface area contributed by atoms with Crippen molar-refractivity contribution in [2.24, 2.45) is 4.99 Å². The summed E-state index contributed by atoms with van der Waals surface area (Å²) < 4.78 is 5.13. The Morgan fingerprint density at radius 3 is 2.92 bits per heavy atom. The lowest BCUT2D eigenvalue weighted by Crippen LogP contribution is -2.45. The molecule has 0 radical (unpaired) electrons. The summed E-state index contributed by atoms with van der Waals surface area (Å²) in [5, 5.41) is 16.7. The van der Waals surface area contributed by atoms with Crippen molar-refractivity contribution in [1.29, 1.82) is 0 Å². The first-order valence-electron chi connectivity index (χ1n) is 8.76. The van der Waals surface area contributed by atoms with Crippen LogP contribution in [-0.4, -0.2) is 54.7 Å². The van der Waals surface area contributed by atoms with Gasteiger partial charge in [-0.3, -0.25) is 4.79 Å². The predicted molar refractivity (Wildman–Crippen MR) is 97.9 cm³/mol. The number of hydrogen-bond donors (Lipinski definition) is 3. The zero-order chi connectivity index (χ0) is 18.2. The van der Waals surface area contributed by atoms with E-state index in [4.69, 9.17) is 4.74 Å². The molecule has 3 N–H and O–H groups in total. The number of para-hydroxylation sites is 1. The van der Waals surface area contributed by atoms with Gasteiger partial charge in [-0.1, -0.05) is 19.1 Å². The highest BCUT2D eigenvalue weighted by molar-refractivity contribution is 5.80. The average molecular weight is 348 g/mol. The minimum atomic E-state index is 0.116. The Morgan fingerprint density at radius 2 is 2.24 bits per heavy atom. The fourth-order valence-corrected chi connectivity index (χ4v) is 2.87. The van der Waals surface area contributed by atoms with Gasteiger partial charge in [0.1, 0.15) is 0 Å². The van der Waals surface area contributed by atoms with Crippen LogP contribution in [0.1, 0.15) is 32.3 Å². The lowest BCUT2D eigenvalue weighted by atomic mass is 10.2. The molecule has 2 rings (SSSR count). The molecule has 1 atom stereocenters. The highest BCUT2D eigenvalue weighted by atomic mass is 16.5. The maximum Gasteiger partial charge on any atom is 0.222 e. The van der Waals surface area contributed by atoms with Crippen LogP contribution in [0.5, 0.6) is 11.5 Å². The highest BCUT2D eigenvalue weighted by Gasteiger charge is 2.25. The minimum absolute atomic E-state index is 0.116. The fraction of sp³-hybridized carbons (Fsp3) is 0.556. The van der Waals surface area contributed by atoms with Gasteiger partial charge < -0.3 is 25.4 Å². The molecule has 7 heteroatoms. The topological polar surface area (TPSA) is 86.2 Å². The number of rotatable bonds is 6. The molecular weight excluding hydrogens is 320 g/mol. The van der Waals surface area contributed by atoms with E-state index in [1.807, 2.05) is 30.9 Å². The number of nitrogens with zero attached hydrogens (tertiary/aromatic N) is 2. The van der Waals surface area contributed by atoms with Crippen molar-refractivity contribution in [2.45, 2.75) is 39.3 Å². The third-order valence-electron chi connectivity index (χ3n) is 4.24. The number of likely N-dealkylation sites (tertiary alicyclic amines) is 1. The van der Waals surface area contributed by atoms with Gasteiger partial charge in [0.2, 0.25) is 5.91 Å². The number of hydrogen-bond acceptors (Lipinski definition) is 4. The number of carbonyl (C=O) groups is 1. The summed E-state index contributed by atoms with van der Waals surface area (Å²) in [5.41, 5.74) is 0.700. The number of aromatic hydroxyl groups is 1. The predicted octanol–water partition coefficient (Wildman–Crippen LogP) is 1.47. The van der Waals surface area contributed by atoms with Crippen LogP contribution in [0.3, 0.4) is 0 Å². The molecule has 1 aromatic rings. The Morgan fingerprint density at radius 1 is 1.44 bits per heavy atom. The van der Waals surface area contributed by atoms with E-state index in [0.717, 1.165) is 19.5 Å². The normalized spacial score (nSPS) is 17.5. The number of nitrogens with one attached hydrogen (secondary N) is 2. The molecule has 1 aliphatic heterocycles. The fourth-order valence-electron chi connectivity index (χ4n) is 2.87. The van der Waals surface area contributed by atoms with E-state index in [-0.39, 0.29) is 17.7 Å². The first-order chi connectivity index (χ1) is 12.1. The van der Waals surface area contributed by atoms with Crippen LogP contribution in [-0.2, 0) is 11.3 Å². The number of amides is 1. The molecule has 138 valence electrons. The van der Waals surface area contributed by atoms with Crippen LogP contribution in [0.25, 0.3) is 0 Å². The van der Waals surface area contributed by atoms with E-state index in [1.54, 1.807) is 6.07 Å². The molecular formula is C18H28N4O3. The molecule has 7 nitrogen and oxygen atoms in total. The molecule has 25 heavy (non-hydrogen) atoms. The number of carbonyl (C=O) groups excluding carboxylic acids is 1. The molecule has 0 saturated carbocycles. The van der Waals surface area contributed by atoms with Gasteiger partial charge in [-0.25, -0.2) is 4.99 Å². The highest BCUT2D eigenvalue weighted by Crippen LogP contribution is 2.29. The maximum absolute atomic E-state index is 11.8. The molecule has 0 aromatic heterocycles. The molecule has 0 aliphatic carbocycles. The quantitative estimate of drug-likeness (QED) is 0.535. The lowest BCUT2D eigenvalue weighted by molar-refractivity contribution is -0.129. The molecule has 1 amide bonds. The number of phenolic OH excluding ortho intramolecular Hbond substituents is 1. The SMILES string of the molecule is CCNC(=NCc1cccc(OC)c1O)NC1CCN(C(=O)CC)C1. The lowest BCUT2D eigenvalue weighted by Gasteiger charge is -2.18. The van der Waals surface area contributed by atoms with Crippen LogP contribution in [0.15, 0.2) is 23.2 Å². The summed E-state index contributed by atoms with van der Waals surface area (Å²) in [6, 6.07) is 5.55. The second kappa shape index (κ2) is 9.15. The van der Waals surface area contributed by atoms with Crippen LogP contribution in [0.4, 0.5) is 0 Å². The van der Waals surface area contributed by atoms with Crippen molar-refractivity contribution >= 4 is 11.9 Å². The number of methoxy groups -OCH3 is 1. The first kappa shape index (κ1) is 18.9. The van der Waals surface area contributed by atoms with E-state index < -0.39 is 0 Å². The Bertz CT molecular complexity index is 618. The monoisotopic (exact) mass is 348 g/mol. The van der Waals surface area contributed by atoms with Crippen molar-refractivity contribution < 1.29 is 14.6 Å². The van der Waals surface area contributed by atoms with Crippen molar-refractivity contribution in [3.8, 4) is 11.5 Å². The van der Waals surface area contributed by atoms with Gasteiger partial charge in [0.05, 0.1) is 13.7 Å².